The summed E-state index contributed by atoms with van der Waals surface area (Å²) >= 11 is 2.84. The minimum Gasteiger partial charge on any atom is -0.496 e. The van der Waals surface area contributed by atoms with Crippen LogP contribution in [0, 0.1) is 6.92 Å². The van der Waals surface area contributed by atoms with Gasteiger partial charge in [-0.25, -0.2) is 0 Å². The Morgan fingerprint density at radius 1 is 1.15 bits per heavy atom. The molecule has 3 aromatic rings. The fourth-order valence-corrected chi connectivity index (χ4v) is 3.93. The second kappa shape index (κ2) is 8.33. The Morgan fingerprint density at radius 3 is 2.62 bits per heavy atom. The van der Waals surface area contributed by atoms with Gasteiger partial charge in [0.2, 0.25) is 11.0 Å². The lowest BCUT2D eigenvalue weighted by molar-refractivity contribution is -0.115. The number of aryl methyl sites for hydroxylation is 1. The van der Waals surface area contributed by atoms with Gasteiger partial charge in [0.15, 0.2) is 5.01 Å². The summed E-state index contributed by atoms with van der Waals surface area (Å²) in [6.07, 6.45) is 0. The van der Waals surface area contributed by atoms with Gasteiger partial charge in [-0.15, -0.1) is 22.0 Å². The molecule has 1 N–H and O–H groups in total. The molecule has 0 saturated carbocycles. The summed E-state index contributed by atoms with van der Waals surface area (Å²) in [5.41, 5.74) is 2.05. The van der Waals surface area contributed by atoms with Crippen molar-refractivity contribution < 1.29 is 9.53 Å². The average molecular weight is 386 g/mol. The first-order chi connectivity index (χ1) is 12.6. The van der Waals surface area contributed by atoms with Crippen LogP contribution in [-0.4, -0.2) is 28.5 Å². The monoisotopic (exact) mass is 385 g/mol. The number of carbonyl (C=O) groups excluding carboxylic acids is 1. The zero-order chi connectivity index (χ0) is 18.5. The molecule has 26 heavy (non-hydrogen) atoms. The lowest BCUT2D eigenvalue weighted by Gasteiger charge is -2.10. The van der Waals surface area contributed by atoms with Crippen LogP contribution >= 0.6 is 23.1 Å². The summed E-state index contributed by atoms with van der Waals surface area (Å²) in [6, 6.07) is 15.7. The molecule has 0 aliphatic carbocycles. The van der Waals surface area contributed by atoms with Crippen molar-refractivity contribution in [2.75, 3.05) is 12.4 Å². The number of ether oxygens (including phenoxy) is 1. The number of hydrogen-bond acceptors (Lipinski definition) is 6. The van der Waals surface area contributed by atoms with Crippen LogP contribution in [0.25, 0.3) is 10.6 Å². The van der Waals surface area contributed by atoms with Crippen molar-refractivity contribution in [3.63, 3.8) is 0 Å². The minimum absolute atomic E-state index is 0.0988. The van der Waals surface area contributed by atoms with Crippen molar-refractivity contribution in [1.82, 2.24) is 10.2 Å². The SMILES string of the molecule is COc1ccccc1-c1nnc(NC(=O)[C@H](C)Sc2ccc(C)cc2)s1. The zero-order valence-electron chi connectivity index (χ0n) is 14.7. The molecular formula is C19H19N3O2S2. The lowest BCUT2D eigenvalue weighted by Crippen LogP contribution is -2.22. The average Bonchev–Trinajstić information content (AvgIpc) is 3.11. The molecule has 0 saturated heterocycles. The largest absolute Gasteiger partial charge is 0.496 e. The Balaban J connectivity index is 1.66. The van der Waals surface area contributed by atoms with Gasteiger partial charge in [0.05, 0.1) is 17.9 Å². The van der Waals surface area contributed by atoms with E-state index in [1.54, 1.807) is 7.11 Å². The summed E-state index contributed by atoms with van der Waals surface area (Å²) < 4.78 is 5.35. The molecule has 0 unspecified atom stereocenters. The molecule has 0 aliphatic heterocycles. The van der Waals surface area contributed by atoms with Crippen molar-refractivity contribution in [2.24, 2.45) is 0 Å². The predicted molar refractivity (Wildman–Crippen MR) is 107 cm³/mol. The van der Waals surface area contributed by atoms with E-state index >= 15 is 0 Å². The number of anilines is 1. The van der Waals surface area contributed by atoms with Crippen LogP contribution in [-0.2, 0) is 4.79 Å². The molecule has 2 aromatic carbocycles. The summed E-state index contributed by atoms with van der Waals surface area (Å²) in [6.45, 7) is 3.92. The zero-order valence-corrected chi connectivity index (χ0v) is 16.4. The van der Waals surface area contributed by atoms with Crippen molar-refractivity contribution in [1.29, 1.82) is 0 Å². The fraction of sp³-hybridized carbons (Fsp3) is 0.211. The maximum atomic E-state index is 12.4. The van der Waals surface area contributed by atoms with Gasteiger partial charge in [0.1, 0.15) is 5.75 Å². The maximum absolute atomic E-state index is 12.4. The van der Waals surface area contributed by atoms with Gasteiger partial charge in [-0.1, -0.05) is 41.2 Å². The number of methoxy groups -OCH3 is 1. The van der Waals surface area contributed by atoms with E-state index in [2.05, 4.69) is 15.5 Å². The van der Waals surface area contributed by atoms with Crippen LogP contribution in [0.3, 0.4) is 0 Å². The smallest absolute Gasteiger partial charge is 0.239 e. The Labute approximate surface area is 160 Å². The van der Waals surface area contributed by atoms with Crippen LogP contribution in [0.5, 0.6) is 5.75 Å². The van der Waals surface area contributed by atoms with E-state index in [0.29, 0.717) is 10.1 Å². The van der Waals surface area contributed by atoms with Crippen molar-refractivity contribution in [2.45, 2.75) is 24.0 Å². The van der Waals surface area contributed by atoms with E-state index in [0.717, 1.165) is 16.2 Å². The van der Waals surface area contributed by atoms with Gasteiger partial charge in [-0.05, 0) is 38.1 Å². The van der Waals surface area contributed by atoms with Crippen molar-refractivity contribution in [3.05, 3.63) is 54.1 Å². The van der Waals surface area contributed by atoms with E-state index in [4.69, 9.17) is 4.74 Å². The van der Waals surface area contributed by atoms with Crippen LogP contribution in [0.15, 0.2) is 53.4 Å². The quantitative estimate of drug-likeness (QED) is 0.626. The molecule has 1 heterocycles. The van der Waals surface area contributed by atoms with Gasteiger partial charge in [-0.2, -0.15) is 0 Å². The summed E-state index contributed by atoms with van der Waals surface area (Å²) in [4.78, 5) is 13.5. The van der Waals surface area contributed by atoms with Crippen molar-refractivity contribution >= 4 is 34.1 Å². The van der Waals surface area contributed by atoms with Crippen LogP contribution < -0.4 is 10.1 Å². The minimum atomic E-state index is -0.240. The van der Waals surface area contributed by atoms with E-state index < -0.39 is 0 Å². The molecule has 1 aromatic heterocycles. The highest BCUT2D eigenvalue weighted by atomic mass is 32.2. The fourth-order valence-electron chi connectivity index (χ4n) is 2.29. The number of rotatable bonds is 6. The first-order valence-corrected chi connectivity index (χ1v) is 9.77. The molecule has 7 heteroatoms. The van der Waals surface area contributed by atoms with Crippen LogP contribution in [0.2, 0.25) is 0 Å². The number of para-hydroxylation sites is 1. The topological polar surface area (TPSA) is 64.1 Å². The summed E-state index contributed by atoms with van der Waals surface area (Å²) in [7, 11) is 1.62. The third-order valence-electron chi connectivity index (χ3n) is 3.70. The molecule has 0 aliphatic rings. The summed E-state index contributed by atoms with van der Waals surface area (Å²) in [5, 5.41) is 12.0. The molecule has 0 radical (unpaired) electrons. The number of amides is 1. The second-order valence-corrected chi connectivity index (χ2v) is 8.07. The van der Waals surface area contributed by atoms with Gasteiger partial charge < -0.3 is 4.74 Å². The van der Waals surface area contributed by atoms with Gasteiger partial charge >= 0.3 is 0 Å². The Kier molecular flexibility index (Phi) is 5.90. The maximum Gasteiger partial charge on any atom is 0.239 e. The van der Waals surface area contributed by atoms with E-state index in [-0.39, 0.29) is 11.2 Å². The first-order valence-electron chi connectivity index (χ1n) is 8.08. The van der Waals surface area contributed by atoms with Gasteiger partial charge in [-0.3, -0.25) is 10.1 Å². The normalized spacial score (nSPS) is 11.8. The van der Waals surface area contributed by atoms with Crippen LogP contribution in [0.4, 0.5) is 5.13 Å². The lowest BCUT2D eigenvalue weighted by atomic mass is 10.2. The highest BCUT2D eigenvalue weighted by molar-refractivity contribution is 8.00. The third-order valence-corrected chi connectivity index (χ3v) is 5.68. The molecule has 1 atom stereocenters. The first kappa shape index (κ1) is 18.4. The molecule has 0 fully saturated rings. The number of aromatic nitrogens is 2. The molecule has 0 spiro atoms. The molecule has 134 valence electrons. The number of carbonyl (C=O) groups is 1. The standard InChI is InChI=1S/C19H19N3O2S2/c1-12-8-10-14(11-9-12)25-13(2)17(23)20-19-22-21-18(26-19)15-6-4-5-7-16(15)24-3/h4-11,13H,1-3H3,(H,20,22,23)/t13-/m0/s1. The van der Waals surface area contributed by atoms with E-state index in [9.17, 15) is 4.79 Å². The molecular weight excluding hydrogens is 366 g/mol. The number of hydrogen-bond donors (Lipinski definition) is 1. The third kappa shape index (κ3) is 4.42. The highest BCUT2D eigenvalue weighted by Crippen LogP contribution is 2.33. The Bertz CT molecular complexity index is 894. The number of nitrogens with one attached hydrogen (secondary N) is 1. The molecule has 1 amide bonds. The Hall–Kier alpha value is -2.38. The van der Waals surface area contributed by atoms with E-state index in [1.165, 1.54) is 28.7 Å². The second-order valence-electron chi connectivity index (χ2n) is 5.68. The van der Waals surface area contributed by atoms with Gasteiger partial charge in [0, 0.05) is 4.90 Å². The van der Waals surface area contributed by atoms with Crippen molar-refractivity contribution in [3.8, 4) is 16.3 Å². The number of thioether (sulfide) groups is 1. The number of benzene rings is 2. The molecule has 5 nitrogen and oxygen atoms in total. The number of nitrogens with zero attached hydrogens (tertiary/aromatic N) is 2. The highest BCUT2D eigenvalue weighted by Gasteiger charge is 2.18. The molecule has 3 rings (SSSR count). The van der Waals surface area contributed by atoms with Crippen LogP contribution in [0.1, 0.15) is 12.5 Å². The predicted octanol–water partition coefficient (Wildman–Crippen LogP) is 4.64. The Morgan fingerprint density at radius 2 is 1.88 bits per heavy atom. The molecule has 0 bridgehead atoms. The van der Waals surface area contributed by atoms with Gasteiger partial charge in [0.25, 0.3) is 0 Å². The summed E-state index contributed by atoms with van der Waals surface area (Å²) in [5.74, 6) is 0.628. The van der Waals surface area contributed by atoms with E-state index in [1.807, 2.05) is 62.4 Å².